The Morgan fingerprint density at radius 1 is 0.967 bits per heavy atom. The van der Waals surface area contributed by atoms with Crippen LogP contribution in [-0.4, -0.2) is 17.5 Å². The van der Waals surface area contributed by atoms with E-state index in [9.17, 15) is 4.79 Å². The molecule has 30 heavy (non-hydrogen) atoms. The summed E-state index contributed by atoms with van der Waals surface area (Å²) in [4.78, 5) is 17.8. The number of pyridine rings is 1. The second-order valence-electron chi connectivity index (χ2n) is 6.61. The van der Waals surface area contributed by atoms with E-state index in [4.69, 9.17) is 32.9 Å². The number of aromatic nitrogens is 1. The number of benzene rings is 3. The number of carbonyl (C=O) groups is 1. The summed E-state index contributed by atoms with van der Waals surface area (Å²) in [5.41, 5.74) is 3.35. The van der Waals surface area contributed by atoms with Gasteiger partial charge in [-0.25, -0.2) is 4.98 Å². The first kappa shape index (κ1) is 20.2. The number of anilines is 1. The quantitative estimate of drug-likeness (QED) is 0.371. The van der Waals surface area contributed by atoms with Gasteiger partial charge in [0.15, 0.2) is 0 Å². The number of halogens is 2. The summed E-state index contributed by atoms with van der Waals surface area (Å²) >= 11 is 12.2. The van der Waals surface area contributed by atoms with Crippen molar-refractivity contribution in [2.45, 2.75) is 6.92 Å². The molecule has 0 unspecified atom stereocenters. The van der Waals surface area contributed by atoms with E-state index in [-0.39, 0.29) is 5.91 Å². The van der Waals surface area contributed by atoms with Gasteiger partial charge in [-0.1, -0.05) is 47.5 Å². The van der Waals surface area contributed by atoms with Gasteiger partial charge < -0.3 is 10.1 Å². The topological polar surface area (TPSA) is 51.2 Å². The van der Waals surface area contributed by atoms with Gasteiger partial charge in [-0.3, -0.25) is 4.79 Å². The van der Waals surface area contributed by atoms with E-state index in [1.807, 2.05) is 61.5 Å². The first-order chi connectivity index (χ1) is 14.5. The minimum Gasteiger partial charge on any atom is -0.494 e. The van der Waals surface area contributed by atoms with Crippen LogP contribution in [0.25, 0.3) is 22.2 Å². The number of fused-ring (bicyclic) bond motifs is 1. The molecule has 0 saturated carbocycles. The fraction of sp³-hybridized carbons (Fsp3) is 0.0833. The summed E-state index contributed by atoms with van der Waals surface area (Å²) in [6.07, 6.45) is 0. The highest BCUT2D eigenvalue weighted by Crippen LogP contribution is 2.30. The number of hydrogen-bond donors (Lipinski definition) is 1. The number of hydrogen-bond acceptors (Lipinski definition) is 3. The summed E-state index contributed by atoms with van der Waals surface area (Å²) in [7, 11) is 0. The lowest BCUT2D eigenvalue weighted by molar-refractivity contribution is 0.102. The van der Waals surface area contributed by atoms with Crippen molar-refractivity contribution in [2.75, 3.05) is 11.9 Å². The Hall–Kier alpha value is -3.08. The van der Waals surface area contributed by atoms with Gasteiger partial charge in [-0.05, 0) is 55.5 Å². The van der Waals surface area contributed by atoms with Gasteiger partial charge in [0, 0.05) is 16.6 Å². The lowest BCUT2D eigenvalue weighted by Crippen LogP contribution is -2.13. The van der Waals surface area contributed by atoms with Crippen LogP contribution in [0.5, 0.6) is 5.75 Å². The second-order valence-corrected chi connectivity index (χ2v) is 7.43. The molecule has 0 aliphatic carbocycles. The van der Waals surface area contributed by atoms with Gasteiger partial charge in [0.1, 0.15) is 5.75 Å². The molecular weight excluding hydrogens is 419 g/mol. The Morgan fingerprint density at radius 2 is 1.73 bits per heavy atom. The molecule has 0 aliphatic rings. The number of ether oxygens (including phenoxy) is 1. The molecule has 6 heteroatoms. The fourth-order valence-electron chi connectivity index (χ4n) is 3.17. The molecule has 3 aromatic carbocycles. The number of para-hydroxylation sites is 1. The van der Waals surface area contributed by atoms with Crippen LogP contribution in [0.2, 0.25) is 10.0 Å². The third kappa shape index (κ3) is 4.25. The third-order valence-corrected chi connectivity index (χ3v) is 5.34. The monoisotopic (exact) mass is 436 g/mol. The van der Waals surface area contributed by atoms with Crippen molar-refractivity contribution in [1.82, 2.24) is 4.98 Å². The van der Waals surface area contributed by atoms with E-state index in [1.54, 1.807) is 18.2 Å². The summed E-state index contributed by atoms with van der Waals surface area (Å²) in [5.74, 6) is 0.533. The first-order valence-corrected chi connectivity index (χ1v) is 10.2. The minimum absolute atomic E-state index is 0.223. The Bertz CT molecular complexity index is 1220. The molecular formula is C24H18Cl2N2O2. The average Bonchev–Trinajstić information content (AvgIpc) is 2.76. The molecule has 4 nitrogen and oxygen atoms in total. The number of nitrogens with zero attached hydrogens (tertiary/aromatic N) is 1. The van der Waals surface area contributed by atoms with Crippen LogP contribution in [0.4, 0.5) is 5.69 Å². The van der Waals surface area contributed by atoms with Crippen LogP contribution in [0.1, 0.15) is 17.3 Å². The zero-order chi connectivity index (χ0) is 21.1. The van der Waals surface area contributed by atoms with E-state index >= 15 is 0 Å². The first-order valence-electron chi connectivity index (χ1n) is 9.44. The predicted molar refractivity (Wildman–Crippen MR) is 123 cm³/mol. The maximum absolute atomic E-state index is 13.1. The molecule has 1 N–H and O–H groups in total. The molecule has 0 saturated heterocycles. The van der Waals surface area contributed by atoms with Crippen molar-refractivity contribution < 1.29 is 9.53 Å². The molecule has 4 aromatic rings. The van der Waals surface area contributed by atoms with E-state index in [0.717, 1.165) is 22.2 Å². The summed E-state index contributed by atoms with van der Waals surface area (Å²) in [6.45, 7) is 2.52. The average molecular weight is 437 g/mol. The number of carbonyl (C=O) groups excluding carboxylic acids is 1. The number of amides is 1. The largest absolute Gasteiger partial charge is 0.494 e. The Labute approximate surface area is 184 Å². The SMILES string of the molecule is CCOc1ccc(NC(=O)c2cc(-c3ccc(Cl)c(Cl)c3)nc3ccccc23)cc1. The van der Waals surface area contributed by atoms with Gasteiger partial charge in [0.2, 0.25) is 0 Å². The lowest BCUT2D eigenvalue weighted by atomic mass is 10.0. The molecule has 4 rings (SSSR count). The molecule has 0 atom stereocenters. The van der Waals surface area contributed by atoms with Crippen LogP contribution >= 0.6 is 23.2 Å². The Balaban J connectivity index is 1.73. The smallest absolute Gasteiger partial charge is 0.256 e. The molecule has 1 aromatic heterocycles. The van der Waals surface area contributed by atoms with Crippen molar-refractivity contribution in [2.24, 2.45) is 0 Å². The highest BCUT2D eigenvalue weighted by Gasteiger charge is 2.15. The third-order valence-electron chi connectivity index (χ3n) is 4.60. The highest BCUT2D eigenvalue weighted by molar-refractivity contribution is 6.42. The number of nitrogens with one attached hydrogen (secondary N) is 1. The Morgan fingerprint density at radius 3 is 2.47 bits per heavy atom. The van der Waals surface area contributed by atoms with Crippen molar-refractivity contribution in [3.63, 3.8) is 0 Å². The van der Waals surface area contributed by atoms with E-state index in [1.165, 1.54) is 0 Å². The fourth-order valence-corrected chi connectivity index (χ4v) is 3.46. The Kier molecular flexibility index (Phi) is 5.88. The van der Waals surface area contributed by atoms with Crippen molar-refractivity contribution in [3.05, 3.63) is 88.4 Å². The van der Waals surface area contributed by atoms with E-state index < -0.39 is 0 Å². The van der Waals surface area contributed by atoms with Crippen LogP contribution < -0.4 is 10.1 Å². The predicted octanol–water partition coefficient (Wildman–Crippen LogP) is 6.86. The van der Waals surface area contributed by atoms with Crippen molar-refractivity contribution >= 4 is 45.7 Å². The van der Waals surface area contributed by atoms with Crippen LogP contribution in [0.15, 0.2) is 72.8 Å². The van der Waals surface area contributed by atoms with Gasteiger partial charge in [-0.2, -0.15) is 0 Å². The van der Waals surface area contributed by atoms with Gasteiger partial charge in [0.05, 0.1) is 33.4 Å². The lowest BCUT2D eigenvalue weighted by Gasteiger charge is -2.11. The summed E-state index contributed by atoms with van der Waals surface area (Å²) in [5, 5.41) is 4.62. The van der Waals surface area contributed by atoms with Crippen LogP contribution in [-0.2, 0) is 0 Å². The van der Waals surface area contributed by atoms with Crippen molar-refractivity contribution in [1.29, 1.82) is 0 Å². The summed E-state index contributed by atoms with van der Waals surface area (Å²) in [6, 6.07) is 21.9. The van der Waals surface area contributed by atoms with Gasteiger partial charge in [-0.15, -0.1) is 0 Å². The number of rotatable bonds is 5. The molecule has 0 radical (unpaired) electrons. The molecule has 0 aliphatic heterocycles. The second kappa shape index (κ2) is 8.74. The maximum Gasteiger partial charge on any atom is 0.256 e. The van der Waals surface area contributed by atoms with Crippen LogP contribution in [0.3, 0.4) is 0 Å². The highest BCUT2D eigenvalue weighted by atomic mass is 35.5. The van der Waals surface area contributed by atoms with Gasteiger partial charge in [0.25, 0.3) is 5.91 Å². The van der Waals surface area contributed by atoms with Crippen molar-refractivity contribution in [3.8, 4) is 17.0 Å². The van der Waals surface area contributed by atoms with E-state index in [2.05, 4.69) is 5.32 Å². The maximum atomic E-state index is 13.1. The molecule has 1 amide bonds. The van der Waals surface area contributed by atoms with E-state index in [0.29, 0.717) is 33.6 Å². The molecule has 0 bridgehead atoms. The zero-order valence-corrected chi connectivity index (χ0v) is 17.7. The van der Waals surface area contributed by atoms with Gasteiger partial charge >= 0.3 is 0 Å². The van der Waals surface area contributed by atoms with Crippen LogP contribution in [0, 0.1) is 0 Å². The molecule has 0 spiro atoms. The zero-order valence-electron chi connectivity index (χ0n) is 16.2. The molecule has 150 valence electrons. The normalized spacial score (nSPS) is 10.8. The molecule has 0 fully saturated rings. The molecule has 1 heterocycles. The standard InChI is InChI=1S/C24H18Cl2N2O2/c1-2-30-17-10-8-16(9-11-17)27-24(29)19-14-23(15-7-12-20(25)21(26)13-15)28-22-6-4-3-5-18(19)22/h3-14H,2H2,1H3,(H,27,29). The summed E-state index contributed by atoms with van der Waals surface area (Å²) < 4.78 is 5.45. The minimum atomic E-state index is -0.223.